The number of carbonyl (C=O) groups excluding carboxylic acids is 1. The minimum absolute atomic E-state index is 0.0381. The van der Waals surface area contributed by atoms with Crippen LogP contribution >= 0.6 is 11.3 Å². The molecule has 3 atom stereocenters. The fraction of sp³-hybridized carbons (Fsp3) is 0.567. The summed E-state index contributed by atoms with van der Waals surface area (Å²) in [6.45, 7) is 2.35. The van der Waals surface area contributed by atoms with Crippen molar-refractivity contribution < 1.29 is 14.7 Å². The number of fused-ring (bicyclic) bond motifs is 1. The van der Waals surface area contributed by atoms with Crippen molar-refractivity contribution in [3.63, 3.8) is 0 Å². The standard InChI is InChI=1S/C30H39N3O3S/c1-20-8-5-6-12-26(20)33-27-14-13-22(17-25(27)32-28(33)19-24-11-7-15-37-24)30(36)31-23(18-29(34)35)16-21-9-3-2-4-10-21/h7,11,13-15,17,20-21,23,26H,2-6,8-10,12,16,18-19H2,1H3,(H,31,36)(H,34,35). The van der Waals surface area contributed by atoms with E-state index in [-0.39, 0.29) is 18.4 Å². The molecular weight excluding hydrogens is 482 g/mol. The molecule has 2 N–H and O–H groups in total. The van der Waals surface area contributed by atoms with Gasteiger partial charge in [0.05, 0.1) is 17.5 Å². The predicted octanol–water partition coefficient (Wildman–Crippen LogP) is 6.98. The van der Waals surface area contributed by atoms with Gasteiger partial charge in [0.2, 0.25) is 0 Å². The van der Waals surface area contributed by atoms with Gasteiger partial charge in [0.15, 0.2) is 0 Å². The van der Waals surface area contributed by atoms with Gasteiger partial charge >= 0.3 is 5.97 Å². The molecule has 2 aliphatic rings. The Hall–Kier alpha value is -2.67. The number of amides is 1. The van der Waals surface area contributed by atoms with E-state index >= 15 is 0 Å². The molecule has 198 valence electrons. The first-order valence-electron chi connectivity index (χ1n) is 14.0. The molecule has 2 aliphatic carbocycles. The smallest absolute Gasteiger partial charge is 0.305 e. The summed E-state index contributed by atoms with van der Waals surface area (Å²) in [7, 11) is 0. The minimum Gasteiger partial charge on any atom is -0.481 e. The van der Waals surface area contributed by atoms with Gasteiger partial charge in [0, 0.05) is 28.9 Å². The van der Waals surface area contributed by atoms with E-state index in [4.69, 9.17) is 4.98 Å². The molecule has 0 bridgehead atoms. The van der Waals surface area contributed by atoms with Gasteiger partial charge in [0.1, 0.15) is 5.82 Å². The monoisotopic (exact) mass is 521 g/mol. The second-order valence-corrected chi connectivity index (χ2v) is 12.2. The van der Waals surface area contributed by atoms with E-state index in [2.05, 4.69) is 34.3 Å². The average Bonchev–Trinajstić information content (AvgIpc) is 3.52. The molecule has 6 nitrogen and oxygen atoms in total. The van der Waals surface area contributed by atoms with Crippen molar-refractivity contribution in [3.05, 3.63) is 52.0 Å². The second kappa shape index (κ2) is 11.8. The fourth-order valence-electron chi connectivity index (χ4n) is 6.53. The van der Waals surface area contributed by atoms with Gasteiger partial charge < -0.3 is 15.0 Å². The van der Waals surface area contributed by atoms with Gasteiger partial charge in [-0.25, -0.2) is 4.98 Å². The Bertz CT molecular complexity index is 1210. The lowest BCUT2D eigenvalue weighted by atomic mass is 9.84. The number of imidazole rings is 1. The van der Waals surface area contributed by atoms with Crippen molar-refractivity contribution in [2.45, 2.75) is 96.1 Å². The Morgan fingerprint density at radius 1 is 1.11 bits per heavy atom. The number of hydrogen-bond donors (Lipinski definition) is 2. The summed E-state index contributed by atoms with van der Waals surface area (Å²) < 4.78 is 2.44. The SMILES string of the molecule is CC1CCCCC1n1c(Cc2cccs2)nc2cc(C(=O)NC(CC(=O)O)CC3CCCCC3)ccc21. The van der Waals surface area contributed by atoms with Crippen LogP contribution in [0.2, 0.25) is 0 Å². The topological polar surface area (TPSA) is 84.2 Å². The van der Waals surface area contributed by atoms with Crippen LogP contribution in [-0.2, 0) is 11.2 Å². The number of benzene rings is 1. The number of carbonyl (C=O) groups is 2. The lowest BCUT2D eigenvalue weighted by Gasteiger charge is -2.31. The molecule has 0 radical (unpaired) electrons. The number of aromatic nitrogens is 2. The molecule has 5 rings (SSSR count). The maximum Gasteiger partial charge on any atom is 0.305 e. The summed E-state index contributed by atoms with van der Waals surface area (Å²) in [5, 5.41) is 14.6. The van der Waals surface area contributed by atoms with Crippen molar-refractivity contribution in [3.8, 4) is 0 Å². The van der Waals surface area contributed by atoms with E-state index in [1.807, 2.05) is 18.2 Å². The average molecular weight is 522 g/mol. The summed E-state index contributed by atoms with van der Waals surface area (Å²) in [5.74, 6) is 1.08. The minimum atomic E-state index is -0.866. The van der Waals surface area contributed by atoms with Crippen LogP contribution < -0.4 is 5.32 Å². The predicted molar refractivity (Wildman–Crippen MR) is 148 cm³/mol. The number of thiophene rings is 1. The van der Waals surface area contributed by atoms with E-state index in [0.717, 1.165) is 49.0 Å². The molecule has 1 aromatic carbocycles. The van der Waals surface area contributed by atoms with Crippen molar-refractivity contribution in [2.24, 2.45) is 11.8 Å². The summed E-state index contributed by atoms with van der Waals surface area (Å²) in [6, 6.07) is 10.1. The number of nitrogens with zero attached hydrogens (tertiary/aromatic N) is 2. The highest BCUT2D eigenvalue weighted by atomic mass is 32.1. The van der Waals surface area contributed by atoms with Crippen LogP contribution in [0.3, 0.4) is 0 Å². The largest absolute Gasteiger partial charge is 0.481 e. The first kappa shape index (κ1) is 26.0. The van der Waals surface area contributed by atoms with E-state index in [1.165, 1.54) is 43.4 Å². The molecule has 0 saturated heterocycles. The van der Waals surface area contributed by atoms with Crippen LogP contribution in [0.5, 0.6) is 0 Å². The highest BCUT2D eigenvalue weighted by Gasteiger charge is 2.28. The van der Waals surface area contributed by atoms with E-state index in [0.29, 0.717) is 23.4 Å². The number of carboxylic acids is 1. The van der Waals surface area contributed by atoms with E-state index in [9.17, 15) is 14.7 Å². The number of nitrogens with one attached hydrogen (secondary N) is 1. The zero-order chi connectivity index (χ0) is 25.8. The number of rotatable bonds is 9. The highest BCUT2D eigenvalue weighted by Crippen LogP contribution is 2.37. The van der Waals surface area contributed by atoms with Gasteiger partial charge in [-0.05, 0) is 60.7 Å². The van der Waals surface area contributed by atoms with Crippen molar-refractivity contribution in [1.29, 1.82) is 0 Å². The molecule has 37 heavy (non-hydrogen) atoms. The molecule has 0 spiro atoms. The van der Waals surface area contributed by atoms with Crippen LogP contribution in [0.1, 0.15) is 105 Å². The molecule has 7 heteroatoms. The first-order chi connectivity index (χ1) is 18.0. The third-order valence-corrected chi connectivity index (χ3v) is 9.31. The summed E-state index contributed by atoms with van der Waals surface area (Å²) >= 11 is 1.75. The van der Waals surface area contributed by atoms with Crippen LogP contribution in [0.25, 0.3) is 11.0 Å². The van der Waals surface area contributed by atoms with Gasteiger partial charge in [-0.3, -0.25) is 9.59 Å². The molecule has 1 amide bonds. The maximum absolute atomic E-state index is 13.3. The quantitative estimate of drug-likeness (QED) is 0.318. The molecular formula is C30H39N3O3S. The van der Waals surface area contributed by atoms with E-state index in [1.54, 1.807) is 11.3 Å². The molecule has 0 aliphatic heterocycles. The van der Waals surface area contributed by atoms with Crippen LogP contribution in [0, 0.1) is 11.8 Å². The highest BCUT2D eigenvalue weighted by molar-refractivity contribution is 7.09. The number of aliphatic carboxylic acids is 1. The lowest BCUT2D eigenvalue weighted by molar-refractivity contribution is -0.137. The lowest BCUT2D eigenvalue weighted by Crippen LogP contribution is -2.38. The summed E-state index contributed by atoms with van der Waals surface area (Å²) in [5.41, 5.74) is 2.49. The normalized spacial score (nSPS) is 21.6. The Morgan fingerprint density at radius 2 is 1.89 bits per heavy atom. The first-order valence-corrected chi connectivity index (χ1v) is 14.9. The van der Waals surface area contributed by atoms with Crippen molar-refractivity contribution >= 4 is 34.2 Å². The number of carboxylic acid groups (broad SMARTS) is 1. The second-order valence-electron chi connectivity index (χ2n) is 11.2. The Balaban J connectivity index is 1.41. The van der Waals surface area contributed by atoms with Gasteiger partial charge in [-0.1, -0.05) is 57.9 Å². The van der Waals surface area contributed by atoms with Gasteiger partial charge in [-0.2, -0.15) is 0 Å². The third-order valence-electron chi connectivity index (χ3n) is 8.43. The Labute approximate surface area is 223 Å². The Kier molecular flexibility index (Phi) is 8.28. The molecule has 2 heterocycles. The molecule has 2 aromatic heterocycles. The fourth-order valence-corrected chi connectivity index (χ4v) is 7.23. The third kappa shape index (κ3) is 6.25. The maximum atomic E-state index is 13.3. The summed E-state index contributed by atoms with van der Waals surface area (Å²) in [6.07, 6.45) is 12.3. The molecule has 2 fully saturated rings. The zero-order valence-corrected chi connectivity index (χ0v) is 22.6. The summed E-state index contributed by atoms with van der Waals surface area (Å²) in [4.78, 5) is 31.2. The van der Waals surface area contributed by atoms with Crippen molar-refractivity contribution in [2.75, 3.05) is 0 Å². The van der Waals surface area contributed by atoms with Gasteiger partial charge in [-0.15, -0.1) is 11.3 Å². The number of hydrogen-bond acceptors (Lipinski definition) is 4. The molecule has 3 aromatic rings. The zero-order valence-electron chi connectivity index (χ0n) is 21.8. The van der Waals surface area contributed by atoms with Crippen molar-refractivity contribution in [1.82, 2.24) is 14.9 Å². The van der Waals surface area contributed by atoms with E-state index < -0.39 is 5.97 Å². The molecule has 2 saturated carbocycles. The van der Waals surface area contributed by atoms with Gasteiger partial charge in [0.25, 0.3) is 5.91 Å². The van der Waals surface area contributed by atoms with Crippen LogP contribution in [-0.4, -0.2) is 32.6 Å². The molecule has 3 unspecified atom stereocenters. The Morgan fingerprint density at radius 3 is 2.62 bits per heavy atom. The van der Waals surface area contributed by atoms with Crippen LogP contribution in [0.15, 0.2) is 35.7 Å². The van der Waals surface area contributed by atoms with Crippen LogP contribution in [0.4, 0.5) is 0 Å².